The topological polar surface area (TPSA) is 61.4 Å². The average molecular weight is 400 g/mol. The lowest BCUT2D eigenvalue weighted by Gasteiger charge is -2.22. The third kappa shape index (κ3) is 6.46. The first-order valence-corrected chi connectivity index (χ1v) is 11.0. The molecule has 2 N–H and O–H groups in total. The van der Waals surface area contributed by atoms with E-state index in [0.717, 1.165) is 25.2 Å². The first kappa shape index (κ1) is 20.6. The van der Waals surface area contributed by atoms with Crippen molar-refractivity contribution in [3.8, 4) is 0 Å². The summed E-state index contributed by atoms with van der Waals surface area (Å²) in [5, 5.41) is 7.80. The van der Waals surface area contributed by atoms with Crippen LogP contribution < -0.4 is 10.6 Å². The minimum Gasteiger partial charge on any atom is -0.353 e. The molecule has 0 saturated carbocycles. The molecule has 3 rings (SSSR count). The van der Waals surface area contributed by atoms with Gasteiger partial charge in [-0.1, -0.05) is 49.2 Å². The van der Waals surface area contributed by atoms with Crippen LogP contribution in [-0.2, 0) is 11.2 Å². The van der Waals surface area contributed by atoms with Crippen LogP contribution in [0.15, 0.2) is 47.8 Å². The number of amides is 2. The van der Waals surface area contributed by atoms with E-state index in [9.17, 15) is 9.59 Å². The van der Waals surface area contributed by atoms with Crippen molar-refractivity contribution in [2.75, 3.05) is 26.2 Å². The molecule has 1 saturated heterocycles. The van der Waals surface area contributed by atoms with Gasteiger partial charge in [0.15, 0.2) is 0 Å². The molecule has 1 unspecified atom stereocenters. The third-order valence-electron chi connectivity index (χ3n) is 5.08. The van der Waals surface area contributed by atoms with Gasteiger partial charge in [-0.25, -0.2) is 0 Å². The van der Waals surface area contributed by atoms with Gasteiger partial charge in [0.1, 0.15) is 6.04 Å². The van der Waals surface area contributed by atoms with Crippen LogP contribution in [0.5, 0.6) is 0 Å². The molecule has 1 aromatic carbocycles. The van der Waals surface area contributed by atoms with Crippen LogP contribution in [0, 0.1) is 0 Å². The molecule has 1 aliphatic rings. The van der Waals surface area contributed by atoms with Crippen LogP contribution in [0.4, 0.5) is 0 Å². The summed E-state index contributed by atoms with van der Waals surface area (Å²) in [4.78, 5) is 28.3. The highest BCUT2D eigenvalue weighted by atomic mass is 32.1. The van der Waals surface area contributed by atoms with Gasteiger partial charge in [-0.05, 0) is 42.9 Å². The Kier molecular flexibility index (Phi) is 8.06. The van der Waals surface area contributed by atoms with E-state index in [2.05, 4.69) is 15.5 Å². The quantitative estimate of drug-likeness (QED) is 0.717. The third-order valence-corrected chi connectivity index (χ3v) is 5.94. The van der Waals surface area contributed by atoms with Crippen LogP contribution in [-0.4, -0.2) is 48.9 Å². The number of thiophene rings is 1. The zero-order valence-electron chi connectivity index (χ0n) is 16.2. The fourth-order valence-corrected chi connectivity index (χ4v) is 4.14. The molecule has 1 atom stereocenters. The highest BCUT2D eigenvalue weighted by Crippen LogP contribution is 2.11. The fraction of sp³-hybridized carbons (Fsp3) is 0.455. The Morgan fingerprint density at radius 3 is 2.43 bits per heavy atom. The maximum atomic E-state index is 12.8. The van der Waals surface area contributed by atoms with Gasteiger partial charge < -0.3 is 15.5 Å². The van der Waals surface area contributed by atoms with Gasteiger partial charge >= 0.3 is 0 Å². The number of rotatable bonds is 8. The van der Waals surface area contributed by atoms with Crippen LogP contribution in [0.1, 0.15) is 40.9 Å². The van der Waals surface area contributed by atoms with E-state index in [1.165, 1.54) is 37.0 Å². The summed E-state index contributed by atoms with van der Waals surface area (Å²) in [6.07, 6.45) is 5.56. The molecule has 0 bridgehead atoms. The number of hydrogen-bond acceptors (Lipinski definition) is 4. The molecular formula is C22H29N3O2S. The molecule has 1 aromatic heterocycles. The van der Waals surface area contributed by atoms with Gasteiger partial charge in [0.25, 0.3) is 5.91 Å². The number of carbonyl (C=O) groups is 2. The first-order chi connectivity index (χ1) is 13.7. The number of likely N-dealkylation sites (tertiary alicyclic amines) is 1. The number of nitrogens with one attached hydrogen (secondary N) is 2. The second-order valence-electron chi connectivity index (χ2n) is 7.24. The van der Waals surface area contributed by atoms with E-state index in [1.54, 1.807) is 6.07 Å². The molecular weight excluding hydrogens is 370 g/mol. The molecule has 0 radical (unpaired) electrons. The molecule has 2 amide bonds. The number of benzene rings is 1. The molecule has 150 valence electrons. The van der Waals surface area contributed by atoms with Gasteiger partial charge in [-0.2, -0.15) is 0 Å². The summed E-state index contributed by atoms with van der Waals surface area (Å²) in [6, 6.07) is 12.8. The van der Waals surface area contributed by atoms with Gasteiger partial charge in [-0.3, -0.25) is 9.59 Å². The predicted octanol–water partition coefficient (Wildman–Crippen LogP) is 3.08. The molecule has 0 spiro atoms. The molecule has 1 fully saturated rings. The van der Waals surface area contributed by atoms with E-state index >= 15 is 0 Å². The minimum atomic E-state index is -0.582. The van der Waals surface area contributed by atoms with Crippen LogP contribution in [0.25, 0.3) is 0 Å². The van der Waals surface area contributed by atoms with Crippen LogP contribution in [0.3, 0.4) is 0 Å². The van der Waals surface area contributed by atoms with Crippen molar-refractivity contribution in [2.24, 2.45) is 0 Å². The summed E-state index contributed by atoms with van der Waals surface area (Å²) in [7, 11) is 0. The van der Waals surface area contributed by atoms with Crippen molar-refractivity contribution < 1.29 is 9.59 Å². The Hall–Kier alpha value is -2.18. The predicted molar refractivity (Wildman–Crippen MR) is 114 cm³/mol. The molecule has 0 aliphatic carbocycles. The molecule has 1 aliphatic heterocycles. The normalized spacial score (nSPS) is 16.1. The summed E-state index contributed by atoms with van der Waals surface area (Å²) in [5.41, 5.74) is 1.03. The van der Waals surface area contributed by atoms with Crippen molar-refractivity contribution in [2.45, 2.75) is 38.1 Å². The van der Waals surface area contributed by atoms with E-state index in [4.69, 9.17) is 0 Å². The van der Waals surface area contributed by atoms with Gasteiger partial charge in [0, 0.05) is 19.5 Å². The first-order valence-electron chi connectivity index (χ1n) is 10.1. The van der Waals surface area contributed by atoms with Crippen molar-refractivity contribution in [3.05, 3.63) is 58.3 Å². The van der Waals surface area contributed by atoms with E-state index in [0.29, 0.717) is 17.8 Å². The van der Waals surface area contributed by atoms with Gasteiger partial charge in [0.05, 0.1) is 4.88 Å². The number of carbonyl (C=O) groups excluding carboxylic acids is 2. The second kappa shape index (κ2) is 11.0. The second-order valence-corrected chi connectivity index (χ2v) is 8.19. The Labute approximate surface area is 171 Å². The monoisotopic (exact) mass is 399 g/mol. The van der Waals surface area contributed by atoms with E-state index < -0.39 is 6.04 Å². The lowest BCUT2D eigenvalue weighted by Crippen LogP contribution is -2.49. The molecule has 2 heterocycles. The SMILES string of the molecule is O=C(NC(Cc1ccccc1)C(=O)NCCN1CCCCCC1)c1cccs1. The van der Waals surface area contributed by atoms with Crippen molar-refractivity contribution in [3.63, 3.8) is 0 Å². The minimum absolute atomic E-state index is 0.122. The highest BCUT2D eigenvalue weighted by Gasteiger charge is 2.22. The van der Waals surface area contributed by atoms with Gasteiger partial charge in [-0.15, -0.1) is 11.3 Å². The molecule has 6 heteroatoms. The summed E-state index contributed by atoms with van der Waals surface area (Å²) >= 11 is 1.38. The Morgan fingerprint density at radius 1 is 1.00 bits per heavy atom. The standard InChI is InChI=1S/C22H29N3O2S/c26-21(23-12-15-25-13-6-1-2-7-14-25)19(17-18-9-4-3-5-10-18)24-22(27)20-11-8-16-28-20/h3-5,8-11,16,19H,1-2,6-7,12-15,17H2,(H,23,26)(H,24,27). The lowest BCUT2D eigenvalue weighted by molar-refractivity contribution is -0.123. The zero-order chi connectivity index (χ0) is 19.6. The number of hydrogen-bond donors (Lipinski definition) is 2. The smallest absolute Gasteiger partial charge is 0.262 e. The summed E-state index contributed by atoms with van der Waals surface area (Å²) < 4.78 is 0. The zero-order valence-corrected chi connectivity index (χ0v) is 17.0. The average Bonchev–Trinajstić information content (AvgIpc) is 3.13. The lowest BCUT2D eigenvalue weighted by atomic mass is 10.1. The van der Waals surface area contributed by atoms with Crippen molar-refractivity contribution in [1.82, 2.24) is 15.5 Å². The van der Waals surface area contributed by atoms with E-state index in [-0.39, 0.29) is 11.8 Å². The van der Waals surface area contributed by atoms with Crippen molar-refractivity contribution in [1.29, 1.82) is 0 Å². The Balaban J connectivity index is 1.56. The molecule has 5 nitrogen and oxygen atoms in total. The molecule has 2 aromatic rings. The largest absolute Gasteiger partial charge is 0.353 e. The Bertz CT molecular complexity index is 726. The Morgan fingerprint density at radius 2 is 1.75 bits per heavy atom. The molecule has 28 heavy (non-hydrogen) atoms. The number of nitrogens with zero attached hydrogens (tertiary/aromatic N) is 1. The summed E-state index contributed by atoms with van der Waals surface area (Å²) in [6.45, 7) is 3.69. The maximum Gasteiger partial charge on any atom is 0.262 e. The van der Waals surface area contributed by atoms with Gasteiger partial charge in [0.2, 0.25) is 5.91 Å². The fourth-order valence-electron chi connectivity index (χ4n) is 3.52. The van der Waals surface area contributed by atoms with E-state index in [1.807, 2.05) is 41.8 Å². The summed E-state index contributed by atoms with van der Waals surface area (Å²) in [5.74, 6) is -0.317. The van der Waals surface area contributed by atoms with Crippen LogP contribution >= 0.6 is 11.3 Å². The highest BCUT2D eigenvalue weighted by molar-refractivity contribution is 7.12. The van der Waals surface area contributed by atoms with Crippen LogP contribution in [0.2, 0.25) is 0 Å². The maximum absolute atomic E-state index is 12.8. The van der Waals surface area contributed by atoms with Crippen molar-refractivity contribution >= 4 is 23.2 Å².